The van der Waals surface area contributed by atoms with Gasteiger partial charge in [0.15, 0.2) is 0 Å². The van der Waals surface area contributed by atoms with E-state index in [9.17, 15) is 9.59 Å². The maximum atomic E-state index is 11.6. The van der Waals surface area contributed by atoms with E-state index >= 15 is 0 Å². The number of nitrogens with zero attached hydrogens (tertiary/aromatic N) is 1. The van der Waals surface area contributed by atoms with Gasteiger partial charge in [-0.2, -0.15) is 4.37 Å². The van der Waals surface area contributed by atoms with Gasteiger partial charge in [-0.25, -0.2) is 4.79 Å². The highest BCUT2D eigenvalue weighted by atomic mass is 32.1. The van der Waals surface area contributed by atoms with Crippen LogP contribution in [0.3, 0.4) is 0 Å². The smallest absolute Gasteiger partial charge is 0.340 e. The molecule has 1 aromatic heterocycles. The van der Waals surface area contributed by atoms with E-state index in [0.29, 0.717) is 36.8 Å². The summed E-state index contributed by atoms with van der Waals surface area (Å²) in [6, 6.07) is 0. The third kappa shape index (κ3) is 4.08. The van der Waals surface area contributed by atoms with Crippen molar-refractivity contribution < 1.29 is 19.4 Å². The SMILES string of the molecule is CCOCCCC(=O)Nc1snc(C)c1C(=O)O. The highest BCUT2D eigenvalue weighted by Gasteiger charge is 2.18. The number of carboxylic acids is 1. The van der Waals surface area contributed by atoms with Gasteiger partial charge in [0.25, 0.3) is 0 Å². The summed E-state index contributed by atoms with van der Waals surface area (Å²) in [6.45, 7) is 4.64. The van der Waals surface area contributed by atoms with E-state index in [4.69, 9.17) is 9.84 Å². The fourth-order valence-corrected chi connectivity index (χ4v) is 2.18. The molecule has 6 nitrogen and oxygen atoms in total. The first-order valence-electron chi connectivity index (χ1n) is 5.63. The predicted molar refractivity (Wildman–Crippen MR) is 68.2 cm³/mol. The van der Waals surface area contributed by atoms with Gasteiger partial charge in [-0.15, -0.1) is 0 Å². The number of aryl methyl sites for hydroxylation is 1. The molecule has 1 aromatic rings. The van der Waals surface area contributed by atoms with Crippen LogP contribution in [-0.2, 0) is 9.53 Å². The molecule has 100 valence electrons. The zero-order valence-corrected chi connectivity index (χ0v) is 11.2. The van der Waals surface area contributed by atoms with Crippen molar-refractivity contribution in [2.45, 2.75) is 26.7 Å². The van der Waals surface area contributed by atoms with Gasteiger partial charge in [0, 0.05) is 19.6 Å². The number of aromatic nitrogens is 1. The lowest BCUT2D eigenvalue weighted by atomic mass is 10.2. The summed E-state index contributed by atoms with van der Waals surface area (Å²) in [7, 11) is 0. The summed E-state index contributed by atoms with van der Waals surface area (Å²) in [4.78, 5) is 22.6. The molecular weight excluding hydrogens is 256 g/mol. The molecule has 0 aromatic carbocycles. The molecule has 1 rings (SSSR count). The summed E-state index contributed by atoms with van der Waals surface area (Å²) in [5.74, 6) is -1.30. The maximum Gasteiger partial charge on any atom is 0.340 e. The molecule has 0 radical (unpaired) electrons. The van der Waals surface area contributed by atoms with Crippen LogP contribution in [0.2, 0.25) is 0 Å². The molecule has 0 fully saturated rings. The zero-order valence-electron chi connectivity index (χ0n) is 10.4. The average Bonchev–Trinajstić information content (AvgIpc) is 2.66. The van der Waals surface area contributed by atoms with Gasteiger partial charge in [0.1, 0.15) is 10.6 Å². The summed E-state index contributed by atoms with van der Waals surface area (Å²) in [6.07, 6.45) is 0.913. The Morgan fingerprint density at radius 3 is 2.83 bits per heavy atom. The van der Waals surface area contributed by atoms with Gasteiger partial charge in [0.05, 0.1) is 5.69 Å². The Morgan fingerprint density at radius 1 is 1.50 bits per heavy atom. The molecule has 0 saturated heterocycles. The standard InChI is InChI=1S/C11H16N2O4S/c1-3-17-6-4-5-8(14)12-10-9(11(15)16)7(2)13-18-10/h3-6H2,1-2H3,(H,12,14)(H,15,16). The van der Waals surface area contributed by atoms with Crippen LogP contribution < -0.4 is 5.32 Å². The molecule has 18 heavy (non-hydrogen) atoms. The van der Waals surface area contributed by atoms with Crippen molar-refractivity contribution in [3.05, 3.63) is 11.3 Å². The monoisotopic (exact) mass is 272 g/mol. The molecule has 0 atom stereocenters. The average molecular weight is 272 g/mol. The number of carbonyl (C=O) groups excluding carboxylic acids is 1. The maximum absolute atomic E-state index is 11.6. The second-order valence-electron chi connectivity index (χ2n) is 3.63. The van der Waals surface area contributed by atoms with Crippen molar-refractivity contribution in [2.24, 2.45) is 0 Å². The van der Waals surface area contributed by atoms with E-state index in [-0.39, 0.29) is 11.5 Å². The highest BCUT2D eigenvalue weighted by molar-refractivity contribution is 7.11. The number of ether oxygens (including phenoxy) is 1. The fourth-order valence-electron chi connectivity index (χ4n) is 1.38. The number of hydrogen-bond donors (Lipinski definition) is 2. The molecule has 1 heterocycles. The number of rotatable bonds is 7. The Bertz CT molecular complexity index is 431. The number of nitrogens with one attached hydrogen (secondary N) is 1. The molecular formula is C11H16N2O4S. The minimum absolute atomic E-state index is 0.0677. The quantitative estimate of drug-likeness (QED) is 0.740. The Kier molecular flexibility index (Phi) is 5.73. The van der Waals surface area contributed by atoms with E-state index in [1.54, 1.807) is 6.92 Å². The number of anilines is 1. The van der Waals surface area contributed by atoms with Crippen molar-refractivity contribution in [3.63, 3.8) is 0 Å². The highest BCUT2D eigenvalue weighted by Crippen LogP contribution is 2.24. The second-order valence-corrected chi connectivity index (χ2v) is 4.40. The van der Waals surface area contributed by atoms with Gasteiger partial charge in [-0.3, -0.25) is 4.79 Å². The summed E-state index contributed by atoms with van der Waals surface area (Å²) < 4.78 is 9.04. The number of hydrogen-bond acceptors (Lipinski definition) is 5. The van der Waals surface area contributed by atoms with Crippen LogP contribution in [0.25, 0.3) is 0 Å². The fraction of sp³-hybridized carbons (Fsp3) is 0.545. The van der Waals surface area contributed by atoms with Crippen molar-refractivity contribution in [3.8, 4) is 0 Å². The Labute approximate surface area is 109 Å². The number of aromatic carboxylic acids is 1. The minimum atomic E-state index is -1.08. The van der Waals surface area contributed by atoms with Crippen LogP contribution in [0.1, 0.15) is 35.8 Å². The van der Waals surface area contributed by atoms with Crippen molar-refractivity contribution in [1.82, 2.24) is 4.37 Å². The second kappa shape index (κ2) is 7.07. The Hall–Kier alpha value is -1.47. The largest absolute Gasteiger partial charge is 0.478 e. The number of amides is 1. The first-order chi connectivity index (χ1) is 8.56. The van der Waals surface area contributed by atoms with Crippen LogP contribution >= 0.6 is 11.5 Å². The first-order valence-corrected chi connectivity index (χ1v) is 6.40. The van der Waals surface area contributed by atoms with Gasteiger partial charge in [0.2, 0.25) is 5.91 Å². The molecule has 0 aliphatic rings. The Morgan fingerprint density at radius 2 is 2.22 bits per heavy atom. The van der Waals surface area contributed by atoms with Crippen LogP contribution in [0.5, 0.6) is 0 Å². The molecule has 0 bridgehead atoms. The van der Waals surface area contributed by atoms with E-state index in [0.717, 1.165) is 11.5 Å². The Balaban J connectivity index is 2.52. The third-order valence-electron chi connectivity index (χ3n) is 2.23. The molecule has 0 saturated carbocycles. The predicted octanol–water partition coefficient (Wildman–Crippen LogP) is 1.90. The molecule has 0 unspecified atom stereocenters. The first kappa shape index (κ1) is 14.6. The topological polar surface area (TPSA) is 88.5 Å². The molecule has 1 amide bonds. The molecule has 2 N–H and O–H groups in total. The van der Waals surface area contributed by atoms with Crippen LogP contribution in [0, 0.1) is 6.92 Å². The van der Waals surface area contributed by atoms with Crippen LogP contribution in [0.15, 0.2) is 0 Å². The van der Waals surface area contributed by atoms with E-state index in [1.807, 2.05) is 6.92 Å². The lowest BCUT2D eigenvalue weighted by Crippen LogP contribution is -2.13. The van der Waals surface area contributed by atoms with E-state index < -0.39 is 5.97 Å². The van der Waals surface area contributed by atoms with Crippen LogP contribution in [0.4, 0.5) is 5.00 Å². The zero-order chi connectivity index (χ0) is 13.5. The lowest BCUT2D eigenvalue weighted by Gasteiger charge is -2.04. The number of carbonyl (C=O) groups is 2. The molecule has 0 spiro atoms. The molecule has 0 aliphatic carbocycles. The normalized spacial score (nSPS) is 10.3. The van der Waals surface area contributed by atoms with Gasteiger partial charge in [-0.1, -0.05) is 0 Å². The molecule has 7 heteroatoms. The minimum Gasteiger partial charge on any atom is -0.478 e. The van der Waals surface area contributed by atoms with E-state index in [1.165, 1.54) is 0 Å². The number of carboxylic acid groups (broad SMARTS) is 1. The summed E-state index contributed by atoms with van der Waals surface area (Å²) in [5.41, 5.74) is 0.482. The third-order valence-corrected chi connectivity index (χ3v) is 3.08. The van der Waals surface area contributed by atoms with Gasteiger partial charge >= 0.3 is 5.97 Å². The lowest BCUT2D eigenvalue weighted by molar-refractivity contribution is -0.116. The van der Waals surface area contributed by atoms with Crippen molar-refractivity contribution >= 4 is 28.4 Å². The summed E-state index contributed by atoms with van der Waals surface area (Å²) >= 11 is 0.983. The van der Waals surface area contributed by atoms with Gasteiger partial charge < -0.3 is 15.2 Å². The van der Waals surface area contributed by atoms with E-state index in [2.05, 4.69) is 9.69 Å². The summed E-state index contributed by atoms with van der Waals surface area (Å²) in [5, 5.41) is 11.9. The van der Waals surface area contributed by atoms with Crippen molar-refractivity contribution in [2.75, 3.05) is 18.5 Å². The van der Waals surface area contributed by atoms with Crippen LogP contribution in [-0.4, -0.2) is 34.6 Å². The molecule has 0 aliphatic heterocycles. The van der Waals surface area contributed by atoms with Crippen molar-refractivity contribution in [1.29, 1.82) is 0 Å². The van der Waals surface area contributed by atoms with Gasteiger partial charge in [-0.05, 0) is 31.8 Å².